The van der Waals surface area contributed by atoms with Crippen LogP contribution in [0.3, 0.4) is 0 Å². The van der Waals surface area contributed by atoms with Gasteiger partial charge in [-0.25, -0.2) is 0 Å². The Morgan fingerprint density at radius 2 is 1.81 bits per heavy atom. The van der Waals surface area contributed by atoms with E-state index >= 15 is 0 Å². The van der Waals surface area contributed by atoms with Gasteiger partial charge in [0.05, 0.1) is 4.88 Å². The number of hydrogen-bond acceptors (Lipinski definition) is 4. The van der Waals surface area contributed by atoms with Gasteiger partial charge >= 0.3 is 0 Å². The Kier molecular flexibility index (Phi) is 9.12. The maximum atomic E-state index is 10.3. The molecule has 0 aromatic carbocycles. The topological polar surface area (TPSA) is 17.1 Å². The van der Waals surface area contributed by atoms with Gasteiger partial charge in [-0.3, -0.25) is 4.79 Å². The number of thiophene rings is 3. The minimum absolute atomic E-state index is 0.657. The van der Waals surface area contributed by atoms with E-state index in [2.05, 4.69) is 45.2 Å². The minimum atomic E-state index is 0.657. The first-order chi connectivity index (χ1) is 14.9. The molecule has 31 heavy (non-hydrogen) atoms. The average molecular weight is 473 g/mol. The highest BCUT2D eigenvalue weighted by Gasteiger charge is 2.18. The molecule has 1 aliphatic carbocycles. The van der Waals surface area contributed by atoms with E-state index in [0.29, 0.717) is 5.92 Å². The Morgan fingerprint density at radius 3 is 2.35 bits per heavy atom. The molecule has 4 rings (SSSR count). The molecule has 0 saturated heterocycles. The van der Waals surface area contributed by atoms with Gasteiger partial charge in [0.15, 0.2) is 6.29 Å². The maximum absolute atomic E-state index is 10.3. The number of aldehydes is 1. The zero-order chi connectivity index (χ0) is 22.4. The third-order valence-electron chi connectivity index (χ3n) is 6.16. The van der Waals surface area contributed by atoms with E-state index in [0.717, 1.165) is 29.9 Å². The number of carbonyl (C=O) groups excluding carboxylic acids is 1. The Morgan fingerprint density at radius 1 is 1.06 bits per heavy atom. The molecule has 0 bridgehead atoms. The van der Waals surface area contributed by atoms with Crippen molar-refractivity contribution >= 4 is 40.3 Å². The molecule has 1 aliphatic rings. The summed E-state index contributed by atoms with van der Waals surface area (Å²) >= 11 is 5.59. The normalized spacial score (nSPS) is 14.1. The number of aryl methyl sites for hydroxylation is 3. The molecule has 0 aliphatic heterocycles. The molecule has 3 aromatic heterocycles. The van der Waals surface area contributed by atoms with E-state index in [9.17, 15) is 4.79 Å². The molecule has 0 unspecified atom stereocenters. The first kappa shape index (κ1) is 24.4. The summed E-state index contributed by atoms with van der Waals surface area (Å²) in [5, 5.41) is 2.30. The second-order valence-corrected chi connectivity index (χ2v) is 12.4. The van der Waals surface area contributed by atoms with Crippen LogP contribution in [0.4, 0.5) is 0 Å². The SMILES string of the molecule is CCc1sc(C=O)cc1C.Cc1cc(Cc2ccsc2CC2CCCC2)sc1C(C)C. The Labute approximate surface area is 200 Å². The van der Waals surface area contributed by atoms with Gasteiger partial charge < -0.3 is 0 Å². The summed E-state index contributed by atoms with van der Waals surface area (Å²) in [6.07, 6.45) is 10.2. The van der Waals surface area contributed by atoms with Gasteiger partial charge in [0.2, 0.25) is 0 Å². The lowest BCUT2D eigenvalue weighted by atomic mass is 10.00. The van der Waals surface area contributed by atoms with E-state index in [1.807, 2.05) is 35.7 Å². The highest BCUT2D eigenvalue weighted by atomic mass is 32.1. The lowest BCUT2D eigenvalue weighted by Gasteiger charge is -2.09. The van der Waals surface area contributed by atoms with Crippen molar-refractivity contribution in [3.05, 3.63) is 64.7 Å². The van der Waals surface area contributed by atoms with Crippen molar-refractivity contribution in [1.82, 2.24) is 0 Å². The first-order valence-corrected chi connectivity index (χ1v) is 14.1. The molecular formula is C27H36OS3. The summed E-state index contributed by atoms with van der Waals surface area (Å²) < 4.78 is 0. The fourth-order valence-corrected chi connectivity index (χ4v) is 7.70. The van der Waals surface area contributed by atoms with Crippen LogP contribution in [-0.2, 0) is 19.3 Å². The van der Waals surface area contributed by atoms with Crippen molar-refractivity contribution in [3.63, 3.8) is 0 Å². The maximum Gasteiger partial charge on any atom is 0.160 e. The molecule has 1 saturated carbocycles. The number of carbonyl (C=O) groups is 1. The molecule has 3 heterocycles. The fourth-order valence-electron chi connectivity index (χ4n) is 4.55. The third-order valence-corrected chi connectivity index (χ3v) is 9.99. The van der Waals surface area contributed by atoms with Gasteiger partial charge in [0.25, 0.3) is 0 Å². The van der Waals surface area contributed by atoms with Crippen molar-refractivity contribution < 1.29 is 4.79 Å². The Balaban J connectivity index is 0.000000229. The largest absolute Gasteiger partial charge is 0.297 e. The van der Waals surface area contributed by atoms with Crippen LogP contribution in [-0.4, -0.2) is 6.29 Å². The van der Waals surface area contributed by atoms with Gasteiger partial charge in [-0.1, -0.05) is 46.5 Å². The molecule has 4 heteroatoms. The number of hydrogen-bond donors (Lipinski definition) is 0. The molecule has 1 fully saturated rings. The molecule has 0 N–H and O–H groups in total. The molecule has 1 nitrogen and oxygen atoms in total. The van der Waals surface area contributed by atoms with Crippen molar-refractivity contribution in [2.75, 3.05) is 0 Å². The quantitative estimate of drug-likeness (QED) is 0.313. The molecule has 0 spiro atoms. The zero-order valence-electron chi connectivity index (χ0n) is 19.6. The molecule has 0 amide bonds. The van der Waals surface area contributed by atoms with Crippen molar-refractivity contribution in [3.8, 4) is 0 Å². The van der Waals surface area contributed by atoms with Crippen LogP contribution in [0.25, 0.3) is 0 Å². The van der Waals surface area contributed by atoms with Crippen LogP contribution in [0, 0.1) is 19.8 Å². The van der Waals surface area contributed by atoms with Crippen LogP contribution in [0.1, 0.15) is 98.2 Å². The first-order valence-electron chi connectivity index (χ1n) is 11.6. The van der Waals surface area contributed by atoms with Crippen LogP contribution in [0.5, 0.6) is 0 Å². The second-order valence-electron chi connectivity index (χ2n) is 9.04. The van der Waals surface area contributed by atoms with E-state index in [-0.39, 0.29) is 0 Å². The predicted molar refractivity (Wildman–Crippen MR) is 140 cm³/mol. The van der Waals surface area contributed by atoms with E-state index < -0.39 is 0 Å². The zero-order valence-corrected chi connectivity index (χ0v) is 22.1. The van der Waals surface area contributed by atoms with Gasteiger partial charge in [-0.2, -0.15) is 0 Å². The monoisotopic (exact) mass is 472 g/mol. The molecule has 3 aromatic rings. The van der Waals surface area contributed by atoms with Crippen LogP contribution in [0.2, 0.25) is 0 Å². The summed E-state index contributed by atoms with van der Waals surface area (Å²) in [5.41, 5.74) is 4.32. The summed E-state index contributed by atoms with van der Waals surface area (Å²) in [7, 11) is 0. The smallest absolute Gasteiger partial charge is 0.160 e. The Hall–Kier alpha value is -1.23. The van der Waals surface area contributed by atoms with Crippen LogP contribution in [0.15, 0.2) is 23.6 Å². The minimum Gasteiger partial charge on any atom is -0.297 e. The highest BCUT2D eigenvalue weighted by Crippen LogP contribution is 2.34. The molecule has 0 radical (unpaired) electrons. The fraction of sp³-hybridized carbons (Fsp3) is 0.519. The van der Waals surface area contributed by atoms with Crippen molar-refractivity contribution in [1.29, 1.82) is 0 Å². The van der Waals surface area contributed by atoms with E-state index in [1.54, 1.807) is 31.5 Å². The van der Waals surface area contributed by atoms with E-state index in [1.165, 1.54) is 48.1 Å². The summed E-state index contributed by atoms with van der Waals surface area (Å²) in [5.74, 6) is 1.61. The number of rotatable bonds is 7. The van der Waals surface area contributed by atoms with Gasteiger partial charge in [0, 0.05) is 25.9 Å². The van der Waals surface area contributed by atoms with Gasteiger partial charge in [-0.05, 0) is 78.8 Å². The van der Waals surface area contributed by atoms with Crippen molar-refractivity contribution in [2.24, 2.45) is 5.92 Å². The van der Waals surface area contributed by atoms with Crippen LogP contribution < -0.4 is 0 Å². The summed E-state index contributed by atoms with van der Waals surface area (Å²) in [6.45, 7) is 11.0. The van der Waals surface area contributed by atoms with Gasteiger partial charge in [-0.15, -0.1) is 34.0 Å². The standard InChI is InChI=1S/C19H26S2.C8H10OS/c1-13(2)19-14(3)10-17(21-19)12-16-8-9-20-18(16)11-15-6-4-5-7-15;1-3-8-6(2)4-7(5-9)10-8/h8-10,13,15H,4-7,11-12H2,1-3H3;4-5H,3H2,1-2H3. The second kappa shape index (κ2) is 11.6. The van der Waals surface area contributed by atoms with Gasteiger partial charge in [0.1, 0.15) is 0 Å². The van der Waals surface area contributed by atoms with Crippen LogP contribution >= 0.6 is 34.0 Å². The summed E-state index contributed by atoms with van der Waals surface area (Å²) in [4.78, 5) is 17.2. The Bertz CT molecular complexity index is 967. The van der Waals surface area contributed by atoms with E-state index in [4.69, 9.17) is 0 Å². The molecule has 0 atom stereocenters. The lowest BCUT2D eigenvalue weighted by Crippen LogP contribution is -1.99. The average Bonchev–Trinajstić information content (AvgIpc) is 3.52. The predicted octanol–water partition coefficient (Wildman–Crippen LogP) is 9.00. The molecule has 168 valence electrons. The molecular weight excluding hydrogens is 436 g/mol. The van der Waals surface area contributed by atoms with Crippen molar-refractivity contribution in [2.45, 2.75) is 85.5 Å². The third kappa shape index (κ3) is 6.63. The highest BCUT2D eigenvalue weighted by molar-refractivity contribution is 7.13. The lowest BCUT2D eigenvalue weighted by molar-refractivity contribution is 0.112. The summed E-state index contributed by atoms with van der Waals surface area (Å²) in [6, 6.07) is 6.71.